The van der Waals surface area contributed by atoms with E-state index in [2.05, 4.69) is 4.40 Å². The van der Waals surface area contributed by atoms with E-state index in [0.717, 1.165) is 12.0 Å². The second-order valence-corrected chi connectivity index (χ2v) is 7.99. The summed E-state index contributed by atoms with van der Waals surface area (Å²) in [5.41, 5.74) is 0.988. The molecule has 1 saturated carbocycles. The van der Waals surface area contributed by atoms with Crippen molar-refractivity contribution in [2.45, 2.75) is 17.2 Å². The van der Waals surface area contributed by atoms with E-state index in [4.69, 9.17) is 0 Å². The summed E-state index contributed by atoms with van der Waals surface area (Å²) in [6.45, 7) is 0. The summed E-state index contributed by atoms with van der Waals surface area (Å²) < 4.78 is 27.7. The molecule has 2 rings (SSSR count). The number of hydrogen-bond acceptors (Lipinski definition) is 4. The molecule has 0 bridgehead atoms. The highest BCUT2D eigenvalue weighted by Crippen LogP contribution is 2.48. The smallest absolute Gasteiger partial charge is 0.283 e. The number of hydrogen-bond donors (Lipinski definition) is 0. The Balaban J connectivity index is 2.05. The Hall–Kier alpha value is -2.15. The monoisotopic (exact) mass is 349 g/mol. The van der Waals surface area contributed by atoms with E-state index >= 15 is 0 Å². The van der Waals surface area contributed by atoms with Gasteiger partial charge in [0, 0.05) is 40.3 Å². The predicted molar refractivity (Wildman–Crippen MR) is 94.5 cm³/mol. The first kappa shape index (κ1) is 18.2. The van der Waals surface area contributed by atoms with Crippen LogP contribution in [-0.2, 0) is 14.8 Å². The van der Waals surface area contributed by atoms with Gasteiger partial charge in [0.25, 0.3) is 10.0 Å². The maximum Gasteiger partial charge on any atom is 0.283 e. The third-order valence-corrected chi connectivity index (χ3v) is 4.96. The summed E-state index contributed by atoms with van der Waals surface area (Å²) in [6.07, 6.45) is 5.41. The zero-order valence-electron chi connectivity index (χ0n) is 14.4. The number of rotatable bonds is 7. The molecule has 0 unspecified atom stereocenters. The van der Waals surface area contributed by atoms with Crippen LogP contribution in [0.15, 0.2) is 45.8 Å². The number of carbonyl (C=O) groups is 1. The van der Waals surface area contributed by atoms with Crippen molar-refractivity contribution in [1.29, 1.82) is 0 Å². The molecule has 1 aromatic rings. The van der Waals surface area contributed by atoms with Crippen LogP contribution in [0, 0.1) is 5.92 Å². The lowest BCUT2D eigenvalue weighted by Gasteiger charge is -2.05. The molecule has 1 fully saturated rings. The van der Waals surface area contributed by atoms with Gasteiger partial charge in [-0.15, -0.1) is 4.40 Å². The van der Waals surface area contributed by atoms with Crippen LogP contribution in [-0.4, -0.2) is 58.5 Å². The van der Waals surface area contributed by atoms with Crippen LogP contribution in [0.1, 0.15) is 17.9 Å². The summed E-state index contributed by atoms with van der Waals surface area (Å²) in [4.78, 5) is 15.6. The molecule has 1 aromatic carbocycles. The predicted octanol–water partition coefficient (Wildman–Crippen LogP) is 1.71. The molecule has 6 nitrogen and oxygen atoms in total. The van der Waals surface area contributed by atoms with E-state index in [9.17, 15) is 13.2 Å². The molecule has 0 aliphatic heterocycles. The van der Waals surface area contributed by atoms with Crippen LogP contribution in [0.2, 0.25) is 0 Å². The second-order valence-electron chi connectivity index (χ2n) is 6.36. The fourth-order valence-electron chi connectivity index (χ4n) is 2.33. The van der Waals surface area contributed by atoms with Gasteiger partial charge in [0.15, 0.2) is 5.78 Å². The number of nitrogens with zero attached hydrogens (tertiary/aromatic N) is 3. The first-order valence-corrected chi connectivity index (χ1v) is 9.10. The van der Waals surface area contributed by atoms with Crippen molar-refractivity contribution < 1.29 is 13.2 Å². The molecule has 24 heavy (non-hydrogen) atoms. The average molecular weight is 349 g/mol. The lowest BCUT2D eigenvalue weighted by Crippen LogP contribution is -2.10. The second kappa shape index (κ2) is 7.17. The molecule has 0 amide bonds. The van der Waals surface area contributed by atoms with Gasteiger partial charge in [-0.05, 0) is 36.1 Å². The van der Waals surface area contributed by atoms with Crippen molar-refractivity contribution in [3.05, 3.63) is 42.1 Å². The Morgan fingerprint density at radius 1 is 1.12 bits per heavy atom. The Bertz CT molecular complexity index is 750. The van der Waals surface area contributed by atoms with E-state index in [1.54, 1.807) is 55.5 Å². The summed E-state index contributed by atoms with van der Waals surface area (Å²) >= 11 is 0. The number of ketones is 1. The fraction of sp³-hybridized carbons (Fsp3) is 0.412. The molecule has 0 aromatic heterocycles. The van der Waals surface area contributed by atoms with Crippen LogP contribution in [0.25, 0.3) is 0 Å². The largest absolute Gasteiger partial charge is 0.383 e. The van der Waals surface area contributed by atoms with Gasteiger partial charge in [0.1, 0.15) is 6.34 Å². The third kappa shape index (κ3) is 4.67. The van der Waals surface area contributed by atoms with Crippen LogP contribution < -0.4 is 0 Å². The minimum absolute atomic E-state index is 0.00424. The minimum Gasteiger partial charge on any atom is -0.383 e. The average Bonchev–Trinajstić information content (AvgIpc) is 3.31. The lowest BCUT2D eigenvalue weighted by atomic mass is 10.1. The molecule has 1 aliphatic carbocycles. The van der Waals surface area contributed by atoms with Gasteiger partial charge in [-0.2, -0.15) is 8.42 Å². The number of sulfonamides is 1. The number of allylic oxidation sites excluding steroid dienone is 1. The normalized spacial score (nSPS) is 20.5. The van der Waals surface area contributed by atoms with Crippen LogP contribution >= 0.6 is 0 Å². The van der Waals surface area contributed by atoms with Gasteiger partial charge in [-0.3, -0.25) is 4.79 Å². The number of carbonyl (C=O) groups excluding carboxylic acids is 1. The lowest BCUT2D eigenvalue weighted by molar-refractivity contribution is -0.115. The highest BCUT2D eigenvalue weighted by Gasteiger charge is 2.42. The van der Waals surface area contributed by atoms with Gasteiger partial charge >= 0.3 is 0 Å². The van der Waals surface area contributed by atoms with Crippen LogP contribution in [0.4, 0.5) is 0 Å². The molecular weight excluding hydrogens is 326 g/mol. The van der Waals surface area contributed by atoms with Crippen molar-refractivity contribution in [1.82, 2.24) is 9.80 Å². The topological polar surface area (TPSA) is 70.0 Å². The third-order valence-electron chi connectivity index (χ3n) is 3.72. The molecule has 0 N–H and O–H groups in total. The van der Waals surface area contributed by atoms with Gasteiger partial charge in [-0.1, -0.05) is 12.1 Å². The Morgan fingerprint density at radius 3 is 2.29 bits per heavy atom. The number of benzene rings is 1. The maximum absolute atomic E-state index is 12.1. The zero-order valence-corrected chi connectivity index (χ0v) is 15.2. The highest BCUT2D eigenvalue weighted by molar-refractivity contribution is 7.90. The van der Waals surface area contributed by atoms with Crippen LogP contribution in [0.5, 0.6) is 0 Å². The van der Waals surface area contributed by atoms with Gasteiger partial charge in [0.05, 0.1) is 4.90 Å². The van der Waals surface area contributed by atoms with E-state index in [1.165, 1.54) is 6.34 Å². The van der Waals surface area contributed by atoms with Crippen molar-refractivity contribution in [2.75, 3.05) is 28.2 Å². The fourth-order valence-corrected chi connectivity index (χ4v) is 3.24. The highest BCUT2D eigenvalue weighted by atomic mass is 32.2. The van der Waals surface area contributed by atoms with Crippen LogP contribution in [0.3, 0.4) is 0 Å². The minimum atomic E-state index is -3.68. The molecule has 7 heteroatoms. The molecule has 0 spiro atoms. The molecule has 0 saturated heterocycles. The zero-order chi connectivity index (χ0) is 17.9. The Morgan fingerprint density at radius 2 is 1.75 bits per heavy atom. The van der Waals surface area contributed by atoms with Crippen molar-refractivity contribution in [3.63, 3.8) is 0 Å². The Labute approximate surface area is 143 Å². The molecule has 130 valence electrons. The maximum atomic E-state index is 12.1. The molecule has 0 radical (unpaired) electrons. The van der Waals surface area contributed by atoms with Crippen molar-refractivity contribution in [2.24, 2.45) is 10.3 Å². The Kier molecular flexibility index (Phi) is 5.43. The van der Waals surface area contributed by atoms with E-state index in [1.807, 2.05) is 19.0 Å². The van der Waals surface area contributed by atoms with Gasteiger partial charge in [0.2, 0.25) is 0 Å². The summed E-state index contributed by atoms with van der Waals surface area (Å²) in [6, 6.07) is 6.64. The first-order valence-electron chi connectivity index (χ1n) is 7.66. The molecule has 1 aliphatic rings. The summed E-state index contributed by atoms with van der Waals surface area (Å²) in [7, 11) is 3.46. The van der Waals surface area contributed by atoms with E-state index < -0.39 is 10.0 Å². The molecular formula is C17H23N3O3S. The van der Waals surface area contributed by atoms with E-state index in [-0.39, 0.29) is 22.5 Å². The van der Waals surface area contributed by atoms with Gasteiger partial charge < -0.3 is 9.80 Å². The SMILES string of the molecule is CN(C)/C=C/C(=O)[C@@H]1C[C@H]1c1ccc(S(=O)(=O)/N=C/N(C)C)cc1. The summed E-state index contributed by atoms with van der Waals surface area (Å²) in [5.74, 6) is 0.280. The van der Waals surface area contributed by atoms with Gasteiger partial charge in [-0.25, -0.2) is 0 Å². The first-order chi connectivity index (χ1) is 11.2. The van der Waals surface area contributed by atoms with Crippen molar-refractivity contribution in [3.8, 4) is 0 Å². The molecule has 2 atom stereocenters. The quantitative estimate of drug-likeness (QED) is 0.426. The standard InChI is InChI=1S/C17H23N3O3S/c1-19(2)10-9-17(21)16-11-15(16)13-5-7-14(8-6-13)24(22,23)18-12-20(3)4/h5-10,12,15-16H,11H2,1-4H3/b10-9+,18-12+/t15-,16+/m0/s1. The molecule has 0 heterocycles. The summed E-state index contributed by atoms with van der Waals surface area (Å²) in [5, 5.41) is 0. The van der Waals surface area contributed by atoms with Crippen molar-refractivity contribution >= 4 is 22.1 Å². The van der Waals surface area contributed by atoms with E-state index in [0.29, 0.717) is 0 Å².